The molecule has 1 aromatic rings. The van der Waals surface area contributed by atoms with Crippen LogP contribution < -0.4 is 5.73 Å². The van der Waals surface area contributed by atoms with Crippen molar-refractivity contribution in [2.24, 2.45) is 5.73 Å². The molecule has 0 aromatic heterocycles. The molecule has 15 heavy (non-hydrogen) atoms. The molecule has 0 amide bonds. The summed E-state index contributed by atoms with van der Waals surface area (Å²) in [5.74, 6) is 0.322. The van der Waals surface area contributed by atoms with Crippen molar-refractivity contribution in [2.45, 2.75) is 12.3 Å². The van der Waals surface area contributed by atoms with Crippen molar-refractivity contribution >= 4 is 47.9 Å². The predicted molar refractivity (Wildman–Crippen MR) is 61.8 cm³/mol. The predicted octanol–water partition coefficient (Wildman–Crippen LogP) is -0.345. The van der Waals surface area contributed by atoms with Gasteiger partial charge >= 0.3 is 37.7 Å². The van der Waals surface area contributed by atoms with Crippen LogP contribution in [0.2, 0.25) is 0 Å². The van der Waals surface area contributed by atoms with Crippen molar-refractivity contribution in [3.63, 3.8) is 0 Å². The standard InChI is InChI=1S/C6H6O.C2H7NO3S.Ca.2H/c7-6-4-2-1-3-5-6;1-2(3)7(4,5)6;;;/h1-5,7H;2H,3H2,1H3,(H,4,5,6);;;. The molecule has 0 spiro atoms. The van der Waals surface area contributed by atoms with E-state index in [1.165, 1.54) is 6.92 Å². The van der Waals surface area contributed by atoms with Crippen LogP contribution in [0.25, 0.3) is 0 Å². The van der Waals surface area contributed by atoms with Crippen LogP contribution >= 0.6 is 0 Å². The van der Waals surface area contributed by atoms with Crippen LogP contribution in [-0.2, 0) is 10.1 Å². The van der Waals surface area contributed by atoms with Gasteiger partial charge < -0.3 is 10.8 Å². The first-order valence-electron chi connectivity index (χ1n) is 3.80. The second kappa shape index (κ2) is 8.32. The monoisotopic (exact) mass is 261 g/mol. The van der Waals surface area contributed by atoms with Gasteiger partial charge in [-0.25, -0.2) is 0 Å². The second-order valence-electron chi connectivity index (χ2n) is 2.56. The molecule has 0 aliphatic heterocycles. The summed E-state index contributed by atoms with van der Waals surface area (Å²) in [5, 5.41) is 7.46. The molecule has 0 saturated heterocycles. The fourth-order valence-corrected chi connectivity index (χ4v) is 0.428. The number of para-hydroxylation sites is 1. The number of phenolic OH excluding ortho intramolecular Hbond substituents is 1. The van der Waals surface area contributed by atoms with E-state index in [4.69, 9.17) is 15.4 Å². The Morgan fingerprint density at radius 3 is 1.73 bits per heavy atom. The van der Waals surface area contributed by atoms with Crippen LogP contribution in [0.5, 0.6) is 5.75 Å². The van der Waals surface area contributed by atoms with Crippen LogP contribution in [-0.4, -0.2) is 61.2 Å². The average molecular weight is 261 g/mol. The average Bonchev–Trinajstić information content (AvgIpc) is 2.04. The third kappa shape index (κ3) is 10.4. The van der Waals surface area contributed by atoms with Crippen molar-refractivity contribution in [2.75, 3.05) is 0 Å². The van der Waals surface area contributed by atoms with Gasteiger partial charge in [0.25, 0.3) is 10.1 Å². The quantitative estimate of drug-likeness (QED) is 0.474. The molecule has 0 bridgehead atoms. The van der Waals surface area contributed by atoms with E-state index in [9.17, 15) is 8.42 Å². The minimum atomic E-state index is -3.96. The molecule has 4 N–H and O–H groups in total. The van der Waals surface area contributed by atoms with Gasteiger partial charge in [-0.15, -0.1) is 0 Å². The van der Waals surface area contributed by atoms with Crippen molar-refractivity contribution in [3.05, 3.63) is 30.3 Å². The maximum absolute atomic E-state index is 9.76. The molecule has 1 atom stereocenters. The fourth-order valence-electron chi connectivity index (χ4n) is 0.428. The Morgan fingerprint density at radius 1 is 1.27 bits per heavy atom. The van der Waals surface area contributed by atoms with Crippen molar-refractivity contribution < 1.29 is 18.1 Å². The van der Waals surface area contributed by atoms with Gasteiger partial charge in [0.2, 0.25) is 0 Å². The van der Waals surface area contributed by atoms with Gasteiger partial charge in [0.05, 0.1) is 0 Å². The van der Waals surface area contributed by atoms with Gasteiger partial charge in [0, 0.05) is 0 Å². The van der Waals surface area contributed by atoms with Crippen molar-refractivity contribution in [3.8, 4) is 5.75 Å². The number of phenols is 1. The summed E-state index contributed by atoms with van der Waals surface area (Å²) < 4.78 is 27.5. The molecule has 0 radical (unpaired) electrons. The molecule has 0 heterocycles. The molecule has 1 rings (SSSR count). The van der Waals surface area contributed by atoms with E-state index >= 15 is 0 Å². The molecule has 0 aliphatic carbocycles. The summed E-state index contributed by atoms with van der Waals surface area (Å²) in [6, 6.07) is 8.71. The Hall–Kier alpha value is 0.150. The van der Waals surface area contributed by atoms with Gasteiger partial charge in [-0.2, -0.15) is 8.42 Å². The van der Waals surface area contributed by atoms with Crippen LogP contribution in [0, 0.1) is 0 Å². The first-order chi connectivity index (χ1) is 6.34. The Bertz CT molecular complexity index is 352. The number of hydrogen-bond donors (Lipinski definition) is 3. The first-order valence-corrected chi connectivity index (χ1v) is 5.30. The van der Waals surface area contributed by atoms with Crippen LogP contribution in [0.1, 0.15) is 6.92 Å². The molecule has 0 fully saturated rings. The zero-order valence-corrected chi connectivity index (χ0v) is 8.48. The molecule has 84 valence electrons. The molecule has 1 unspecified atom stereocenters. The van der Waals surface area contributed by atoms with E-state index in [-0.39, 0.29) is 37.7 Å². The van der Waals surface area contributed by atoms with Crippen LogP contribution in [0.3, 0.4) is 0 Å². The van der Waals surface area contributed by atoms with Gasteiger partial charge in [0.15, 0.2) is 0 Å². The molecule has 0 aliphatic rings. The van der Waals surface area contributed by atoms with E-state index in [1.807, 2.05) is 6.07 Å². The van der Waals surface area contributed by atoms with Crippen molar-refractivity contribution in [1.29, 1.82) is 0 Å². The van der Waals surface area contributed by atoms with E-state index in [0.717, 1.165) is 0 Å². The first kappa shape index (κ1) is 17.5. The normalized spacial score (nSPS) is 11.7. The van der Waals surface area contributed by atoms with E-state index < -0.39 is 15.5 Å². The summed E-state index contributed by atoms with van der Waals surface area (Å²) in [4.78, 5) is 0. The molecular weight excluding hydrogens is 246 g/mol. The number of aromatic hydroxyl groups is 1. The van der Waals surface area contributed by atoms with Crippen LogP contribution in [0.4, 0.5) is 0 Å². The molecule has 7 heteroatoms. The SMILES string of the molecule is CC(N)S(=O)(=O)O.Oc1ccccc1.[CaH2]. The topological polar surface area (TPSA) is 101 Å². The third-order valence-electron chi connectivity index (χ3n) is 1.23. The zero-order valence-electron chi connectivity index (χ0n) is 7.66. The number of hydrogen-bond acceptors (Lipinski definition) is 4. The Labute approximate surface area is 119 Å². The maximum atomic E-state index is 9.76. The number of nitrogens with two attached hydrogens (primary N) is 1. The van der Waals surface area contributed by atoms with Gasteiger partial charge in [-0.05, 0) is 19.1 Å². The van der Waals surface area contributed by atoms with Gasteiger partial charge in [-0.1, -0.05) is 18.2 Å². The van der Waals surface area contributed by atoms with Gasteiger partial charge in [-0.3, -0.25) is 4.55 Å². The Kier molecular flexibility index (Phi) is 9.73. The summed E-state index contributed by atoms with van der Waals surface area (Å²) in [5.41, 5.74) is 4.73. The van der Waals surface area contributed by atoms with Gasteiger partial charge in [0.1, 0.15) is 11.1 Å². The number of benzene rings is 1. The Balaban J connectivity index is 0. The molecule has 0 saturated carbocycles. The Morgan fingerprint density at radius 2 is 1.60 bits per heavy atom. The summed E-state index contributed by atoms with van der Waals surface area (Å²) in [7, 11) is -3.96. The van der Waals surface area contributed by atoms with E-state index in [0.29, 0.717) is 5.75 Å². The van der Waals surface area contributed by atoms with E-state index in [2.05, 4.69) is 0 Å². The molecule has 5 nitrogen and oxygen atoms in total. The summed E-state index contributed by atoms with van der Waals surface area (Å²) in [6.45, 7) is 1.19. The fraction of sp³-hybridized carbons (Fsp3) is 0.250. The van der Waals surface area contributed by atoms with E-state index in [1.54, 1.807) is 24.3 Å². The second-order valence-corrected chi connectivity index (χ2v) is 4.33. The minimum absolute atomic E-state index is 0. The third-order valence-corrected chi connectivity index (χ3v) is 2.17. The zero-order chi connectivity index (χ0) is 11.2. The van der Waals surface area contributed by atoms with Crippen molar-refractivity contribution in [1.82, 2.24) is 0 Å². The molecule has 1 aromatic carbocycles. The number of rotatable bonds is 1. The summed E-state index contributed by atoms with van der Waals surface area (Å²) >= 11 is 0. The summed E-state index contributed by atoms with van der Waals surface area (Å²) in [6.07, 6.45) is 0. The van der Waals surface area contributed by atoms with Crippen LogP contribution in [0.15, 0.2) is 30.3 Å². The molecular formula is C8H15CaNO4S.